The van der Waals surface area contributed by atoms with Gasteiger partial charge in [-0.15, -0.1) is 8.78 Å². The van der Waals surface area contributed by atoms with Crippen molar-refractivity contribution in [3.63, 3.8) is 0 Å². The first-order valence-electron chi connectivity index (χ1n) is 8.85. The lowest BCUT2D eigenvalue weighted by Crippen LogP contribution is -2.50. The van der Waals surface area contributed by atoms with Gasteiger partial charge in [-0.3, -0.25) is 14.9 Å². The fourth-order valence-corrected chi connectivity index (χ4v) is 2.98. The molecule has 1 heterocycles. The van der Waals surface area contributed by atoms with E-state index in [1.54, 1.807) is 18.2 Å². The highest BCUT2D eigenvalue weighted by Crippen LogP contribution is 2.38. The highest BCUT2D eigenvalue weighted by Gasteiger charge is 2.47. The zero-order valence-electron chi connectivity index (χ0n) is 15.4. The van der Waals surface area contributed by atoms with Crippen LogP contribution >= 0.6 is 0 Å². The highest BCUT2D eigenvalue weighted by molar-refractivity contribution is 5.99. The average molecular weight is 393 g/mol. The average Bonchev–Trinajstić information content (AvgIpc) is 2.94. The second kappa shape index (κ2) is 8.07. The molecule has 0 radical (unpaired) electrons. The number of carbonyl (C=O) groups is 2. The Morgan fingerprint density at radius 1 is 1.07 bits per heavy atom. The van der Waals surface area contributed by atoms with E-state index < -0.39 is 12.3 Å². The molecule has 0 saturated carbocycles. The van der Waals surface area contributed by atoms with Gasteiger partial charge in [0.15, 0.2) is 17.3 Å². The number of nitrogens with one attached hydrogen (secondary N) is 3. The van der Waals surface area contributed by atoms with Crippen LogP contribution in [0.15, 0.2) is 47.9 Å². The molecule has 1 saturated heterocycles. The first-order valence-corrected chi connectivity index (χ1v) is 8.85. The predicted octanol–water partition coefficient (Wildman–Crippen LogP) is 1.89. The van der Waals surface area contributed by atoms with Gasteiger partial charge in [0.05, 0.1) is 6.67 Å². The maximum Gasteiger partial charge on any atom is 0.586 e. The Hall–Kier alpha value is -2.78. The van der Waals surface area contributed by atoms with E-state index in [9.17, 15) is 18.4 Å². The summed E-state index contributed by atoms with van der Waals surface area (Å²) >= 11 is 0. The smallest absolute Gasteiger partial charge is 0.396 e. The minimum atomic E-state index is -3.68. The van der Waals surface area contributed by atoms with E-state index in [4.69, 9.17) is 0 Å². The molecule has 1 aromatic rings. The molecule has 150 valence electrons. The molecule has 1 aliphatic heterocycles. The van der Waals surface area contributed by atoms with Crippen LogP contribution in [0.3, 0.4) is 0 Å². The molecule has 1 fully saturated rings. The molecule has 2 unspecified atom stereocenters. The number of hydrogen-bond donors (Lipinski definition) is 3. The SMILES string of the molecule is CCNC1C=C2OC(F)(F)OC2=CC1NCNC(=O)c1cccc(C(C)=O)c1. The molecule has 0 spiro atoms. The molecule has 9 heteroatoms. The van der Waals surface area contributed by atoms with E-state index in [0.29, 0.717) is 17.7 Å². The van der Waals surface area contributed by atoms with Crippen molar-refractivity contribution in [3.8, 4) is 0 Å². The minimum Gasteiger partial charge on any atom is -0.396 e. The van der Waals surface area contributed by atoms with Gasteiger partial charge in [0.25, 0.3) is 5.91 Å². The van der Waals surface area contributed by atoms with Crippen molar-refractivity contribution in [2.75, 3.05) is 13.2 Å². The third-order valence-corrected chi connectivity index (χ3v) is 4.31. The Labute approximate surface area is 160 Å². The van der Waals surface area contributed by atoms with Gasteiger partial charge in [0.1, 0.15) is 0 Å². The second-order valence-electron chi connectivity index (χ2n) is 6.36. The largest absolute Gasteiger partial charge is 0.586 e. The molecular weight excluding hydrogens is 372 g/mol. The Morgan fingerprint density at radius 3 is 2.29 bits per heavy atom. The van der Waals surface area contributed by atoms with E-state index in [1.807, 2.05) is 6.92 Å². The van der Waals surface area contributed by atoms with Crippen LogP contribution in [-0.4, -0.2) is 43.3 Å². The van der Waals surface area contributed by atoms with Crippen LogP contribution in [0.5, 0.6) is 0 Å². The molecule has 1 amide bonds. The van der Waals surface area contributed by atoms with Gasteiger partial charge in [-0.25, -0.2) is 0 Å². The fourth-order valence-electron chi connectivity index (χ4n) is 2.98. The Balaban J connectivity index is 1.62. The van der Waals surface area contributed by atoms with Gasteiger partial charge in [-0.2, -0.15) is 0 Å². The van der Waals surface area contributed by atoms with Crippen LogP contribution in [0.2, 0.25) is 0 Å². The Bertz CT molecular complexity index is 838. The van der Waals surface area contributed by atoms with E-state index in [-0.39, 0.29) is 35.9 Å². The number of amides is 1. The van der Waals surface area contributed by atoms with E-state index in [0.717, 1.165) is 0 Å². The number of ether oxygens (including phenoxy) is 2. The van der Waals surface area contributed by atoms with Gasteiger partial charge < -0.3 is 20.1 Å². The molecule has 3 rings (SSSR count). The highest BCUT2D eigenvalue weighted by atomic mass is 19.3. The first-order chi connectivity index (χ1) is 13.3. The third-order valence-electron chi connectivity index (χ3n) is 4.31. The Morgan fingerprint density at radius 2 is 1.68 bits per heavy atom. The van der Waals surface area contributed by atoms with Gasteiger partial charge in [-0.05, 0) is 37.8 Å². The molecule has 0 bridgehead atoms. The lowest BCUT2D eigenvalue weighted by atomic mass is 10.0. The number of carbonyl (C=O) groups excluding carboxylic acids is 2. The standard InChI is InChI=1S/C19H21F2N3O4/c1-3-22-14-8-16-17(28-19(20,21)27-16)9-15(14)23-10-24-18(26)13-6-4-5-12(7-13)11(2)25/h4-9,14-15,22-23H,3,10H2,1-2H3,(H,24,26). The van der Waals surface area contributed by atoms with Gasteiger partial charge in [-0.1, -0.05) is 19.1 Å². The number of benzene rings is 1. The maximum absolute atomic E-state index is 13.3. The Kier molecular flexibility index (Phi) is 5.76. The van der Waals surface area contributed by atoms with Crippen LogP contribution in [0, 0.1) is 0 Å². The topological polar surface area (TPSA) is 88.7 Å². The van der Waals surface area contributed by atoms with Crippen molar-refractivity contribution in [3.05, 3.63) is 59.1 Å². The molecule has 7 nitrogen and oxygen atoms in total. The summed E-state index contributed by atoms with van der Waals surface area (Å²) in [7, 11) is 0. The predicted molar refractivity (Wildman–Crippen MR) is 96.5 cm³/mol. The summed E-state index contributed by atoms with van der Waals surface area (Å²) in [5.74, 6) is -0.549. The fraction of sp³-hybridized carbons (Fsp3) is 0.368. The van der Waals surface area contributed by atoms with Crippen LogP contribution in [0.4, 0.5) is 8.78 Å². The van der Waals surface area contributed by atoms with Crippen LogP contribution in [0.25, 0.3) is 0 Å². The van der Waals surface area contributed by atoms with Crippen LogP contribution in [0.1, 0.15) is 34.6 Å². The van der Waals surface area contributed by atoms with Crippen molar-refractivity contribution in [2.24, 2.45) is 0 Å². The second-order valence-corrected chi connectivity index (χ2v) is 6.36. The number of hydrogen-bond acceptors (Lipinski definition) is 6. The van der Waals surface area contributed by atoms with Gasteiger partial charge in [0.2, 0.25) is 0 Å². The van der Waals surface area contributed by atoms with Gasteiger partial charge >= 0.3 is 6.29 Å². The number of rotatable bonds is 7. The third kappa shape index (κ3) is 4.55. The molecule has 1 aliphatic carbocycles. The number of likely N-dealkylation sites (N-methyl/N-ethyl adjacent to an activating group) is 1. The summed E-state index contributed by atoms with van der Waals surface area (Å²) in [6.45, 7) is 4.01. The van der Waals surface area contributed by atoms with E-state index >= 15 is 0 Å². The summed E-state index contributed by atoms with van der Waals surface area (Å²) in [5, 5.41) is 8.91. The van der Waals surface area contributed by atoms with Crippen molar-refractivity contribution in [1.82, 2.24) is 16.0 Å². The van der Waals surface area contributed by atoms with Crippen molar-refractivity contribution < 1.29 is 27.8 Å². The molecule has 28 heavy (non-hydrogen) atoms. The van der Waals surface area contributed by atoms with Crippen LogP contribution < -0.4 is 16.0 Å². The van der Waals surface area contributed by atoms with Crippen molar-refractivity contribution >= 4 is 11.7 Å². The van der Waals surface area contributed by atoms with Crippen molar-refractivity contribution in [1.29, 1.82) is 0 Å². The van der Waals surface area contributed by atoms with E-state index in [2.05, 4.69) is 25.4 Å². The summed E-state index contributed by atoms with van der Waals surface area (Å²) in [6, 6.07) is 5.67. The van der Waals surface area contributed by atoms with Gasteiger partial charge in [0, 0.05) is 23.2 Å². The van der Waals surface area contributed by atoms with Crippen LogP contribution in [-0.2, 0) is 9.47 Å². The lowest BCUT2D eigenvalue weighted by Gasteiger charge is -2.27. The minimum absolute atomic E-state index is 0.0147. The normalized spacial score (nSPS) is 22.3. The van der Waals surface area contributed by atoms with E-state index in [1.165, 1.54) is 25.1 Å². The monoisotopic (exact) mass is 393 g/mol. The quantitative estimate of drug-likeness (QED) is 0.484. The summed E-state index contributed by atoms with van der Waals surface area (Å²) in [6.07, 6.45) is -0.666. The number of halogens is 2. The molecule has 1 aromatic carbocycles. The summed E-state index contributed by atoms with van der Waals surface area (Å²) < 4.78 is 35.5. The number of alkyl halides is 2. The zero-order valence-corrected chi connectivity index (χ0v) is 15.4. The lowest BCUT2D eigenvalue weighted by molar-refractivity contribution is -0.326. The number of fused-ring (bicyclic) bond motifs is 1. The maximum atomic E-state index is 13.3. The summed E-state index contributed by atoms with van der Waals surface area (Å²) in [5.41, 5.74) is 0.802. The molecule has 2 atom stereocenters. The molecule has 0 aromatic heterocycles. The first kappa shape index (κ1) is 20.0. The molecule has 3 N–H and O–H groups in total. The number of Topliss-reactive ketones (excluding diaryl/α,β-unsaturated/α-hetero) is 1. The van der Waals surface area contributed by atoms with Crippen molar-refractivity contribution in [2.45, 2.75) is 32.2 Å². The summed E-state index contributed by atoms with van der Waals surface area (Å²) in [4.78, 5) is 23.7. The zero-order chi connectivity index (χ0) is 20.3. The molecular formula is C19H21F2N3O4. The number of ketones is 1. The molecule has 2 aliphatic rings.